The highest BCUT2D eigenvalue weighted by atomic mass is 32.2. The predicted molar refractivity (Wildman–Crippen MR) is 81.1 cm³/mol. The van der Waals surface area contributed by atoms with E-state index in [1.807, 2.05) is 39.0 Å². The highest BCUT2D eigenvalue weighted by molar-refractivity contribution is 7.88. The molecule has 0 fully saturated rings. The van der Waals surface area contributed by atoms with Crippen LogP contribution in [0.15, 0.2) is 24.3 Å². The number of nitrogens with zero attached hydrogens (tertiary/aromatic N) is 1. The summed E-state index contributed by atoms with van der Waals surface area (Å²) in [4.78, 5) is 11.9. The summed E-state index contributed by atoms with van der Waals surface area (Å²) in [7, 11) is -3.38. The third-order valence-electron chi connectivity index (χ3n) is 2.66. The van der Waals surface area contributed by atoms with Crippen LogP contribution in [0.25, 0.3) is 0 Å². The molecule has 1 aromatic carbocycles. The molecule has 20 heavy (non-hydrogen) atoms. The Balaban J connectivity index is 2.72. The zero-order chi connectivity index (χ0) is 15.3. The summed E-state index contributed by atoms with van der Waals surface area (Å²) in [6.07, 6.45) is 1.12. The van der Waals surface area contributed by atoms with Crippen molar-refractivity contribution in [2.45, 2.75) is 20.8 Å². The molecule has 0 radical (unpaired) electrons. The Morgan fingerprint density at radius 3 is 2.50 bits per heavy atom. The highest BCUT2D eigenvalue weighted by Crippen LogP contribution is 2.10. The number of hydrogen-bond acceptors (Lipinski definition) is 3. The zero-order valence-electron chi connectivity index (χ0n) is 12.4. The van der Waals surface area contributed by atoms with Crippen LogP contribution in [0.3, 0.4) is 0 Å². The van der Waals surface area contributed by atoms with Gasteiger partial charge in [0, 0.05) is 12.2 Å². The standard InChI is InChI=1S/C14H22N2O3S/c1-11(2)9-16(20(4,18)19)10-14(17)15-13-7-5-6-12(3)8-13/h5-8,11H,9-10H2,1-4H3,(H,15,17). The summed E-state index contributed by atoms with van der Waals surface area (Å²) in [6.45, 7) is 5.93. The molecule has 0 aliphatic heterocycles. The number of benzene rings is 1. The summed E-state index contributed by atoms with van der Waals surface area (Å²) >= 11 is 0. The van der Waals surface area contributed by atoms with E-state index in [0.717, 1.165) is 11.8 Å². The predicted octanol–water partition coefficient (Wildman–Crippen LogP) is 1.85. The number of amides is 1. The summed E-state index contributed by atoms with van der Waals surface area (Å²) in [5.74, 6) is -0.168. The molecule has 1 rings (SSSR count). The number of sulfonamides is 1. The Hall–Kier alpha value is -1.40. The zero-order valence-corrected chi connectivity index (χ0v) is 13.2. The smallest absolute Gasteiger partial charge is 0.239 e. The second-order valence-electron chi connectivity index (χ2n) is 5.37. The van der Waals surface area contributed by atoms with Gasteiger partial charge in [0.2, 0.25) is 15.9 Å². The first-order chi connectivity index (χ1) is 9.18. The van der Waals surface area contributed by atoms with E-state index in [1.54, 1.807) is 6.07 Å². The minimum absolute atomic E-state index is 0.162. The summed E-state index contributed by atoms with van der Waals surface area (Å²) in [6, 6.07) is 7.38. The second kappa shape index (κ2) is 6.85. The van der Waals surface area contributed by atoms with E-state index in [-0.39, 0.29) is 18.4 Å². The molecule has 0 saturated carbocycles. The molecule has 0 aliphatic carbocycles. The monoisotopic (exact) mass is 298 g/mol. The number of hydrogen-bond donors (Lipinski definition) is 1. The SMILES string of the molecule is Cc1cccc(NC(=O)CN(CC(C)C)S(C)(=O)=O)c1. The average Bonchev–Trinajstić information content (AvgIpc) is 2.26. The van der Waals surface area contributed by atoms with Crippen LogP contribution in [0.5, 0.6) is 0 Å². The molecule has 112 valence electrons. The molecule has 0 bridgehead atoms. The molecule has 0 heterocycles. The molecular formula is C14H22N2O3S. The van der Waals surface area contributed by atoms with Gasteiger partial charge >= 0.3 is 0 Å². The van der Waals surface area contributed by atoms with Crippen molar-refractivity contribution < 1.29 is 13.2 Å². The quantitative estimate of drug-likeness (QED) is 0.871. The van der Waals surface area contributed by atoms with Crippen LogP contribution >= 0.6 is 0 Å². The van der Waals surface area contributed by atoms with Gasteiger partial charge in [0.15, 0.2) is 0 Å². The van der Waals surface area contributed by atoms with Crippen LogP contribution < -0.4 is 5.32 Å². The second-order valence-corrected chi connectivity index (χ2v) is 7.35. The summed E-state index contributed by atoms with van der Waals surface area (Å²) in [5, 5.41) is 2.71. The minimum Gasteiger partial charge on any atom is -0.325 e. The molecule has 0 spiro atoms. The molecule has 0 unspecified atom stereocenters. The first-order valence-corrected chi connectivity index (χ1v) is 8.35. The van der Waals surface area contributed by atoms with Crippen LogP contribution in [0.4, 0.5) is 5.69 Å². The fourth-order valence-electron chi connectivity index (χ4n) is 1.81. The fraction of sp³-hybridized carbons (Fsp3) is 0.500. The molecule has 1 amide bonds. The Morgan fingerprint density at radius 2 is 2.00 bits per heavy atom. The number of anilines is 1. The van der Waals surface area contributed by atoms with Crippen molar-refractivity contribution in [2.24, 2.45) is 5.92 Å². The van der Waals surface area contributed by atoms with Crippen LogP contribution in [0, 0.1) is 12.8 Å². The van der Waals surface area contributed by atoms with Crippen molar-refractivity contribution in [3.63, 3.8) is 0 Å². The van der Waals surface area contributed by atoms with Crippen molar-refractivity contribution in [2.75, 3.05) is 24.7 Å². The third kappa shape index (κ3) is 5.71. The van der Waals surface area contributed by atoms with Crippen LogP contribution in [0.1, 0.15) is 19.4 Å². The molecule has 6 heteroatoms. The number of rotatable bonds is 6. The van der Waals surface area contributed by atoms with E-state index in [9.17, 15) is 13.2 Å². The van der Waals surface area contributed by atoms with Crippen LogP contribution in [0.2, 0.25) is 0 Å². The van der Waals surface area contributed by atoms with Crippen LogP contribution in [-0.2, 0) is 14.8 Å². The van der Waals surface area contributed by atoms with E-state index in [2.05, 4.69) is 5.32 Å². The molecule has 1 aromatic rings. The maximum atomic E-state index is 11.9. The lowest BCUT2D eigenvalue weighted by atomic mass is 10.2. The van der Waals surface area contributed by atoms with Gasteiger partial charge in [0.25, 0.3) is 0 Å². The maximum Gasteiger partial charge on any atom is 0.239 e. The average molecular weight is 298 g/mol. The van der Waals surface area contributed by atoms with Gasteiger partial charge in [-0.3, -0.25) is 4.79 Å². The molecule has 1 N–H and O–H groups in total. The highest BCUT2D eigenvalue weighted by Gasteiger charge is 2.21. The van der Waals surface area contributed by atoms with Gasteiger partial charge in [-0.2, -0.15) is 4.31 Å². The molecular weight excluding hydrogens is 276 g/mol. The largest absolute Gasteiger partial charge is 0.325 e. The lowest BCUT2D eigenvalue weighted by Gasteiger charge is -2.21. The van der Waals surface area contributed by atoms with Gasteiger partial charge in [0.1, 0.15) is 0 Å². The van der Waals surface area contributed by atoms with Gasteiger partial charge < -0.3 is 5.32 Å². The van der Waals surface area contributed by atoms with Crippen molar-refractivity contribution in [1.82, 2.24) is 4.31 Å². The van der Waals surface area contributed by atoms with E-state index in [4.69, 9.17) is 0 Å². The van der Waals surface area contributed by atoms with Gasteiger partial charge in [-0.05, 0) is 30.5 Å². The summed E-state index contributed by atoms with van der Waals surface area (Å²) < 4.78 is 24.5. The van der Waals surface area contributed by atoms with E-state index < -0.39 is 10.0 Å². The molecule has 5 nitrogen and oxygen atoms in total. The third-order valence-corrected chi connectivity index (χ3v) is 3.88. The van der Waals surface area contributed by atoms with Crippen molar-refractivity contribution in [3.05, 3.63) is 29.8 Å². The maximum absolute atomic E-state index is 11.9. The Kier molecular flexibility index (Phi) is 5.71. The van der Waals surface area contributed by atoms with Gasteiger partial charge in [0.05, 0.1) is 12.8 Å². The first-order valence-electron chi connectivity index (χ1n) is 6.50. The topological polar surface area (TPSA) is 66.5 Å². The number of aryl methyl sites for hydroxylation is 1. The number of carbonyl (C=O) groups excluding carboxylic acids is 1. The molecule has 0 aromatic heterocycles. The minimum atomic E-state index is -3.38. The lowest BCUT2D eigenvalue weighted by Crippen LogP contribution is -2.39. The lowest BCUT2D eigenvalue weighted by molar-refractivity contribution is -0.116. The van der Waals surface area contributed by atoms with E-state index in [0.29, 0.717) is 12.2 Å². The van der Waals surface area contributed by atoms with Crippen LogP contribution in [-0.4, -0.2) is 38.0 Å². The van der Waals surface area contributed by atoms with Crippen molar-refractivity contribution in [3.8, 4) is 0 Å². The van der Waals surface area contributed by atoms with Gasteiger partial charge in [-0.1, -0.05) is 26.0 Å². The van der Waals surface area contributed by atoms with E-state index in [1.165, 1.54) is 4.31 Å². The van der Waals surface area contributed by atoms with Gasteiger partial charge in [-0.25, -0.2) is 8.42 Å². The Bertz CT molecular complexity index is 568. The van der Waals surface area contributed by atoms with E-state index >= 15 is 0 Å². The number of carbonyl (C=O) groups is 1. The molecule has 0 aliphatic rings. The fourth-order valence-corrected chi connectivity index (χ4v) is 2.73. The first kappa shape index (κ1) is 16.7. The molecule has 0 saturated heterocycles. The normalized spacial score (nSPS) is 11.9. The Labute approximate surface area is 121 Å². The van der Waals surface area contributed by atoms with Gasteiger partial charge in [-0.15, -0.1) is 0 Å². The molecule has 0 atom stereocenters. The number of nitrogens with one attached hydrogen (secondary N) is 1. The van der Waals surface area contributed by atoms with Crippen molar-refractivity contribution >= 4 is 21.6 Å². The Morgan fingerprint density at radius 1 is 1.35 bits per heavy atom. The summed E-state index contributed by atoms with van der Waals surface area (Å²) in [5.41, 5.74) is 1.71. The van der Waals surface area contributed by atoms with Crippen molar-refractivity contribution in [1.29, 1.82) is 0 Å².